The molecular weight excluding hydrogens is 296 g/mol. The number of methoxy groups -OCH3 is 1. The summed E-state index contributed by atoms with van der Waals surface area (Å²) in [5, 5.41) is 0. The third-order valence-electron chi connectivity index (χ3n) is 3.59. The predicted octanol–water partition coefficient (Wildman–Crippen LogP) is 3.58. The minimum absolute atomic E-state index is 0.225. The van der Waals surface area contributed by atoms with E-state index in [4.69, 9.17) is 4.74 Å². The third kappa shape index (κ3) is 1.98. The van der Waals surface area contributed by atoms with E-state index in [9.17, 15) is 4.79 Å². The highest BCUT2D eigenvalue weighted by Crippen LogP contribution is 2.30. The number of ether oxygens (including phenoxy) is 1. The quantitative estimate of drug-likeness (QED) is 0.568. The van der Waals surface area contributed by atoms with Crippen LogP contribution in [-0.4, -0.2) is 16.5 Å². The second-order valence-electron chi connectivity index (χ2n) is 4.90. The molecule has 0 unspecified atom stereocenters. The summed E-state index contributed by atoms with van der Waals surface area (Å²) in [4.78, 5) is 16.8. The zero-order valence-electron chi connectivity index (χ0n) is 11.8. The summed E-state index contributed by atoms with van der Waals surface area (Å²) < 4.78 is 8.33. The molecule has 0 aliphatic rings. The lowest BCUT2D eigenvalue weighted by molar-refractivity contribution is 0.415. The second kappa shape index (κ2) is 4.96. The highest BCUT2D eigenvalue weighted by atomic mass is 32.1. The lowest BCUT2D eigenvalue weighted by Gasteiger charge is -2.07. The Morgan fingerprint density at radius 2 is 1.86 bits per heavy atom. The van der Waals surface area contributed by atoms with Crippen LogP contribution in [0.1, 0.15) is 0 Å². The van der Waals surface area contributed by atoms with Gasteiger partial charge in [-0.2, -0.15) is 4.98 Å². The van der Waals surface area contributed by atoms with E-state index in [0.717, 1.165) is 27.2 Å². The number of thiazole rings is 1. The van der Waals surface area contributed by atoms with Gasteiger partial charge in [0.1, 0.15) is 5.75 Å². The summed E-state index contributed by atoms with van der Waals surface area (Å²) in [6.45, 7) is 0. The second-order valence-corrected chi connectivity index (χ2v) is 5.90. The Balaban J connectivity index is 2.08. The highest BCUT2D eigenvalue weighted by molar-refractivity contribution is 7.23. The number of nitrogens with zero attached hydrogens (tertiary/aromatic N) is 2. The van der Waals surface area contributed by atoms with Crippen molar-refractivity contribution in [1.29, 1.82) is 0 Å². The van der Waals surface area contributed by atoms with Gasteiger partial charge in [-0.3, -0.25) is 9.20 Å². The molecule has 4 rings (SSSR count). The average Bonchev–Trinajstić information content (AvgIpc) is 2.92. The number of rotatable bonds is 2. The fourth-order valence-electron chi connectivity index (χ4n) is 2.56. The van der Waals surface area contributed by atoms with Crippen molar-refractivity contribution in [2.24, 2.45) is 0 Å². The summed E-state index contributed by atoms with van der Waals surface area (Å²) in [7, 11) is 1.64. The van der Waals surface area contributed by atoms with Gasteiger partial charge in [0.2, 0.25) is 0 Å². The van der Waals surface area contributed by atoms with Gasteiger partial charge in [0.15, 0.2) is 4.96 Å². The molecule has 0 fully saturated rings. The highest BCUT2D eigenvalue weighted by Gasteiger charge is 2.11. The summed E-state index contributed by atoms with van der Waals surface area (Å²) in [5.74, 6) is 0.788. The molecule has 5 heteroatoms. The van der Waals surface area contributed by atoms with E-state index in [-0.39, 0.29) is 5.56 Å². The van der Waals surface area contributed by atoms with E-state index < -0.39 is 0 Å². The van der Waals surface area contributed by atoms with E-state index in [2.05, 4.69) is 4.98 Å². The summed E-state index contributed by atoms with van der Waals surface area (Å²) in [6.07, 6.45) is 0. The Morgan fingerprint density at radius 1 is 1.09 bits per heavy atom. The number of hydrogen-bond donors (Lipinski definition) is 0. The molecule has 108 valence electrons. The summed E-state index contributed by atoms with van der Waals surface area (Å²) in [5.41, 5.74) is 2.63. The van der Waals surface area contributed by atoms with Crippen LogP contribution >= 0.6 is 11.3 Å². The van der Waals surface area contributed by atoms with Gasteiger partial charge in [-0.1, -0.05) is 23.5 Å². The van der Waals surface area contributed by atoms with Crippen LogP contribution in [0.2, 0.25) is 0 Å². The van der Waals surface area contributed by atoms with Crippen molar-refractivity contribution in [3.05, 3.63) is 65.0 Å². The van der Waals surface area contributed by atoms with Crippen molar-refractivity contribution in [3.63, 3.8) is 0 Å². The summed E-state index contributed by atoms with van der Waals surface area (Å²) >= 11 is 1.52. The van der Waals surface area contributed by atoms with Crippen LogP contribution in [0, 0.1) is 0 Å². The van der Waals surface area contributed by atoms with Crippen molar-refractivity contribution in [2.45, 2.75) is 0 Å². The van der Waals surface area contributed by atoms with Crippen LogP contribution in [0.3, 0.4) is 0 Å². The van der Waals surface area contributed by atoms with Gasteiger partial charge in [0, 0.05) is 6.07 Å². The molecule has 0 N–H and O–H groups in total. The van der Waals surface area contributed by atoms with Crippen LogP contribution in [0.5, 0.6) is 5.75 Å². The van der Waals surface area contributed by atoms with Crippen LogP contribution in [0.25, 0.3) is 26.4 Å². The molecule has 0 amide bonds. The van der Waals surface area contributed by atoms with Crippen molar-refractivity contribution >= 4 is 26.5 Å². The van der Waals surface area contributed by atoms with Gasteiger partial charge in [-0.25, -0.2) is 0 Å². The largest absolute Gasteiger partial charge is 0.497 e. The Kier molecular flexibility index (Phi) is 2.94. The molecule has 4 aromatic rings. The van der Waals surface area contributed by atoms with Crippen molar-refractivity contribution < 1.29 is 4.74 Å². The lowest BCUT2D eigenvalue weighted by atomic mass is 10.1. The van der Waals surface area contributed by atoms with Crippen molar-refractivity contribution in [3.8, 4) is 17.0 Å². The first-order valence-electron chi connectivity index (χ1n) is 6.82. The van der Waals surface area contributed by atoms with E-state index in [0.29, 0.717) is 4.96 Å². The van der Waals surface area contributed by atoms with E-state index in [1.807, 2.05) is 52.9 Å². The summed E-state index contributed by atoms with van der Waals surface area (Å²) in [6, 6.07) is 17.3. The number of para-hydroxylation sites is 1. The first kappa shape index (κ1) is 13.0. The first-order chi connectivity index (χ1) is 10.8. The molecule has 0 aliphatic carbocycles. The Bertz CT molecular complexity index is 1030. The predicted molar refractivity (Wildman–Crippen MR) is 88.8 cm³/mol. The fraction of sp³-hybridized carbons (Fsp3) is 0.0588. The molecule has 0 spiro atoms. The molecule has 0 bridgehead atoms. The molecule has 22 heavy (non-hydrogen) atoms. The minimum atomic E-state index is -0.225. The molecule has 0 saturated carbocycles. The van der Waals surface area contributed by atoms with Crippen molar-refractivity contribution in [2.75, 3.05) is 7.11 Å². The third-order valence-corrected chi connectivity index (χ3v) is 4.61. The molecule has 2 aromatic heterocycles. The number of benzene rings is 2. The van der Waals surface area contributed by atoms with Crippen LogP contribution in [0.4, 0.5) is 0 Å². The monoisotopic (exact) mass is 308 g/mol. The van der Waals surface area contributed by atoms with E-state index in [1.165, 1.54) is 11.3 Å². The Hall–Kier alpha value is -2.66. The molecule has 0 aliphatic heterocycles. The molecule has 0 radical (unpaired) electrons. The van der Waals surface area contributed by atoms with Gasteiger partial charge >= 0.3 is 0 Å². The maximum absolute atomic E-state index is 11.9. The molecule has 2 aromatic carbocycles. The molecule has 0 atom stereocenters. The zero-order valence-corrected chi connectivity index (χ0v) is 12.6. The standard InChI is InChI=1S/C17H12N2O2S/c1-21-12-8-6-11(7-9-12)14-10-16(20)18-17-19(14)13-4-2-3-5-15(13)22-17/h2-10H,1H3. The number of hydrogen-bond acceptors (Lipinski definition) is 4. The smallest absolute Gasteiger partial charge is 0.274 e. The van der Waals surface area contributed by atoms with Crippen LogP contribution in [-0.2, 0) is 0 Å². The molecule has 2 heterocycles. The fourth-order valence-corrected chi connectivity index (χ4v) is 3.59. The maximum Gasteiger partial charge on any atom is 0.274 e. The number of fused-ring (bicyclic) bond motifs is 3. The van der Waals surface area contributed by atoms with Gasteiger partial charge in [0.05, 0.1) is 23.0 Å². The van der Waals surface area contributed by atoms with Crippen molar-refractivity contribution in [1.82, 2.24) is 9.38 Å². The average molecular weight is 308 g/mol. The SMILES string of the molecule is COc1ccc(-c2cc(=O)nc3sc4ccccc4n23)cc1. The number of aromatic nitrogens is 2. The maximum atomic E-state index is 11.9. The normalized spacial score (nSPS) is 11.1. The zero-order chi connectivity index (χ0) is 15.1. The minimum Gasteiger partial charge on any atom is -0.497 e. The van der Waals surface area contributed by atoms with Gasteiger partial charge in [0.25, 0.3) is 5.56 Å². The Morgan fingerprint density at radius 3 is 2.64 bits per heavy atom. The topological polar surface area (TPSA) is 43.6 Å². The molecule has 0 saturated heterocycles. The van der Waals surface area contributed by atoms with E-state index >= 15 is 0 Å². The van der Waals surface area contributed by atoms with Gasteiger partial charge in [-0.15, -0.1) is 0 Å². The molecular formula is C17H12N2O2S. The van der Waals surface area contributed by atoms with E-state index in [1.54, 1.807) is 13.2 Å². The Labute approximate surface area is 130 Å². The van der Waals surface area contributed by atoms with Crippen LogP contribution < -0.4 is 10.3 Å². The lowest BCUT2D eigenvalue weighted by Crippen LogP contribution is -2.08. The van der Waals surface area contributed by atoms with Gasteiger partial charge in [-0.05, 0) is 42.0 Å². The van der Waals surface area contributed by atoms with Gasteiger partial charge < -0.3 is 4.74 Å². The molecule has 4 nitrogen and oxygen atoms in total. The van der Waals surface area contributed by atoms with Crippen LogP contribution in [0.15, 0.2) is 59.4 Å². The first-order valence-corrected chi connectivity index (χ1v) is 7.64.